The number of anilines is 1. The maximum atomic E-state index is 13.3. The van der Waals surface area contributed by atoms with Gasteiger partial charge in [-0.05, 0) is 45.2 Å². The van der Waals surface area contributed by atoms with E-state index in [1.54, 1.807) is 32.9 Å². The lowest BCUT2D eigenvalue weighted by Gasteiger charge is -2.33. The molecule has 0 spiro atoms. The lowest BCUT2D eigenvalue weighted by molar-refractivity contribution is -0.143. The molecule has 0 saturated carbocycles. The van der Waals surface area contributed by atoms with Crippen LogP contribution in [0.5, 0.6) is 0 Å². The fourth-order valence-corrected chi connectivity index (χ4v) is 3.08. The largest absolute Gasteiger partial charge is 0.444 e. The van der Waals surface area contributed by atoms with Gasteiger partial charge in [0.15, 0.2) is 0 Å². The zero-order valence-electron chi connectivity index (χ0n) is 18.1. The third-order valence-corrected chi connectivity index (χ3v) is 4.87. The topological polar surface area (TPSA) is 104 Å². The van der Waals surface area contributed by atoms with Crippen LogP contribution in [-0.4, -0.2) is 57.8 Å². The summed E-state index contributed by atoms with van der Waals surface area (Å²) < 4.78 is 5.31. The van der Waals surface area contributed by atoms with Crippen LogP contribution >= 0.6 is 11.6 Å². The normalized spacial score (nSPS) is 16.1. The van der Waals surface area contributed by atoms with Crippen molar-refractivity contribution in [2.24, 2.45) is 5.92 Å². The van der Waals surface area contributed by atoms with Gasteiger partial charge >= 0.3 is 12.1 Å². The molecule has 0 aromatic carbocycles. The summed E-state index contributed by atoms with van der Waals surface area (Å²) in [6.45, 7) is 9.84. The molecule has 0 aliphatic carbocycles. The minimum atomic E-state index is -0.810. The van der Waals surface area contributed by atoms with E-state index in [2.05, 4.69) is 15.6 Å². The van der Waals surface area contributed by atoms with Crippen molar-refractivity contribution in [1.29, 1.82) is 0 Å². The van der Waals surface area contributed by atoms with Crippen LogP contribution < -0.4 is 10.6 Å². The summed E-state index contributed by atoms with van der Waals surface area (Å²) in [4.78, 5) is 42.2. The minimum Gasteiger partial charge on any atom is -0.444 e. The average Bonchev–Trinajstić information content (AvgIpc) is 3.15. The molecule has 2 N–H and O–H groups in total. The summed E-state index contributed by atoms with van der Waals surface area (Å²) >= 11 is 5.77. The third kappa shape index (κ3) is 6.48. The molecule has 30 heavy (non-hydrogen) atoms. The predicted octanol–water partition coefficient (Wildman–Crippen LogP) is 3.66. The first-order valence-electron chi connectivity index (χ1n) is 10.0. The van der Waals surface area contributed by atoms with Crippen molar-refractivity contribution in [2.45, 2.75) is 59.1 Å². The number of urea groups is 1. The monoisotopic (exact) mass is 439 g/mol. The van der Waals surface area contributed by atoms with E-state index in [9.17, 15) is 14.4 Å². The number of hydrazine groups is 1. The van der Waals surface area contributed by atoms with Crippen LogP contribution in [0.4, 0.5) is 15.3 Å². The number of amides is 4. The van der Waals surface area contributed by atoms with Crippen LogP contribution in [0.2, 0.25) is 5.15 Å². The molecule has 0 radical (unpaired) electrons. The number of ether oxygens (including phenoxy) is 1. The van der Waals surface area contributed by atoms with Gasteiger partial charge in [0.25, 0.3) is 5.91 Å². The summed E-state index contributed by atoms with van der Waals surface area (Å²) in [6.07, 6.45) is 2.08. The first-order valence-corrected chi connectivity index (χ1v) is 10.4. The third-order valence-electron chi connectivity index (χ3n) is 4.65. The Bertz CT molecular complexity index is 765. The average molecular weight is 440 g/mol. The smallest absolute Gasteiger partial charge is 0.408 e. The van der Waals surface area contributed by atoms with Crippen molar-refractivity contribution in [3.05, 3.63) is 23.5 Å². The Morgan fingerprint density at radius 2 is 1.90 bits per heavy atom. The quantitative estimate of drug-likeness (QED) is 0.681. The molecule has 2 unspecified atom stereocenters. The molecule has 2 heterocycles. The summed E-state index contributed by atoms with van der Waals surface area (Å²) in [5.74, 6) is -0.493. The molecule has 9 nitrogen and oxygen atoms in total. The number of rotatable bonds is 5. The van der Waals surface area contributed by atoms with Crippen molar-refractivity contribution >= 4 is 35.3 Å². The van der Waals surface area contributed by atoms with Gasteiger partial charge in [-0.25, -0.2) is 24.6 Å². The van der Waals surface area contributed by atoms with E-state index in [1.807, 2.05) is 13.8 Å². The van der Waals surface area contributed by atoms with Gasteiger partial charge in [0.2, 0.25) is 0 Å². The van der Waals surface area contributed by atoms with Gasteiger partial charge in [0.1, 0.15) is 16.8 Å². The minimum absolute atomic E-state index is 0.143. The van der Waals surface area contributed by atoms with E-state index in [1.165, 1.54) is 16.2 Å². The van der Waals surface area contributed by atoms with E-state index in [0.717, 1.165) is 0 Å². The standard InChI is InChI=1S/C20H30ClN5O4/c1-6-13(2)16(24-19(29)30-20(3,4)5)17(27)25-10-7-11-26(25)18(28)23-14-8-9-15(21)22-12-14/h8-9,12-13,16H,6-7,10-11H2,1-5H3,(H,23,28)(H,24,29). The highest BCUT2D eigenvalue weighted by Crippen LogP contribution is 2.19. The van der Waals surface area contributed by atoms with Gasteiger partial charge in [-0.1, -0.05) is 31.9 Å². The fraction of sp³-hybridized carbons (Fsp3) is 0.600. The number of hydrogen-bond acceptors (Lipinski definition) is 5. The lowest BCUT2D eigenvalue weighted by atomic mass is 9.98. The number of carbonyl (C=O) groups is 3. The Balaban J connectivity index is 2.12. The van der Waals surface area contributed by atoms with Crippen LogP contribution in [-0.2, 0) is 9.53 Å². The zero-order valence-corrected chi connectivity index (χ0v) is 18.8. The van der Waals surface area contributed by atoms with E-state index < -0.39 is 23.8 Å². The Labute approximate surface area is 182 Å². The molecule has 4 amide bonds. The summed E-state index contributed by atoms with van der Waals surface area (Å²) in [5, 5.41) is 8.44. The summed E-state index contributed by atoms with van der Waals surface area (Å²) in [7, 11) is 0. The SMILES string of the molecule is CCC(C)C(NC(=O)OC(C)(C)C)C(=O)N1CCCN1C(=O)Nc1ccc(Cl)nc1. The van der Waals surface area contributed by atoms with E-state index >= 15 is 0 Å². The van der Waals surface area contributed by atoms with Gasteiger partial charge in [0, 0.05) is 13.1 Å². The van der Waals surface area contributed by atoms with E-state index in [-0.39, 0.29) is 11.8 Å². The molecule has 2 atom stereocenters. The second-order valence-corrected chi connectivity index (χ2v) is 8.63. The number of halogens is 1. The zero-order chi connectivity index (χ0) is 22.5. The number of pyridine rings is 1. The van der Waals surface area contributed by atoms with Crippen LogP contribution in [0.25, 0.3) is 0 Å². The number of alkyl carbamates (subject to hydrolysis) is 1. The molecule has 10 heteroatoms. The molecule has 1 aromatic rings. The molecular weight excluding hydrogens is 410 g/mol. The number of nitrogens with zero attached hydrogens (tertiary/aromatic N) is 3. The number of nitrogens with one attached hydrogen (secondary N) is 2. The Morgan fingerprint density at radius 1 is 1.23 bits per heavy atom. The highest BCUT2D eigenvalue weighted by atomic mass is 35.5. The molecule has 1 aliphatic heterocycles. The van der Waals surface area contributed by atoms with Gasteiger partial charge in [-0.2, -0.15) is 0 Å². The van der Waals surface area contributed by atoms with Gasteiger partial charge < -0.3 is 15.4 Å². The van der Waals surface area contributed by atoms with Crippen molar-refractivity contribution in [1.82, 2.24) is 20.3 Å². The molecule has 2 rings (SSSR count). The van der Waals surface area contributed by atoms with Gasteiger partial charge in [-0.3, -0.25) is 4.79 Å². The highest BCUT2D eigenvalue weighted by Gasteiger charge is 2.38. The Morgan fingerprint density at radius 3 is 2.47 bits per heavy atom. The van der Waals surface area contributed by atoms with Gasteiger partial charge in [0.05, 0.1) is 11.9 Å². The van der Waals surface area contributed by atoms with Crippen molar-refractivity contribution < 1.29 is 19.1 Å². The van der Waals surface area contributed by atoms with Crippen LogP contribution in [0, 0.1) is 5.92 Å². The van der Waals surface area contributed by atoms with Crippen LogP contribution in [0.3, 0.4) is 0 Å². The van der Waals surface area contributed by atoms with Crippen LogP contribution in [0.1, 0.15) is 47.5 Å². The molecule has 1 aromatic heterocycles. The number of carbonyl (C=O) groups excluding carboxylic acids is 3. The second kappa shape index (κ2) is 9.97. The predicted molar refractivity (Wildman–Crippen MR) is 114 cm³/mol. The molecular formula is C20H30ClN5O4. The lowest BCUT2D eigenvalue weighted by Crippen LogP contribution is -2.56. The summed E-state index contributed by atoms with van der Waals surface area (Å²) in [5.41, 5.74) is -0.215. The Hall–Kier alpha value is -2.55. The Kier molecular flexibility index (Phi) is 7.89. The first-order chi connectivity index (χ1) is 14.0. The molecule has 1 saturated heterocycles. The van der Waals surface area contributed by atoms with Crippen molar-refractivity contribution in [2.75, 3.05) is 18.4 Å². The van der Waals surface area contributed by atoms with Crippen LogP contribution in [0.15, 0.2) is 18.3 Å². The number of hydrogen-bond donors (Lipinski definition) is 2. The highest BCUT2D eigenvalue weighted by molar-refractivity contribution is 6.29. The van der Waals surface area contributed by atoms with Crippen molar-refractivity contribution in [3.63, 3.8) is 0 Å². The first kappa shape index (κ1) is 23.7. The van der Waals surface area contributed by atoms with Gasteiger partial charge in [-0.15, -0.1) is 0 Å². The molecule has 166 valence electrons. The maximum Gasteiger partial charge on any atom is 0.408 e. The maximum absolute atomic E-state index is 13.3. The van der Waals surface area contributed by atoms with E-state index in [0.29, 0.717) is 36.8 Å². The molecule has 1 aliphatic rings. The molecule has 0 bridgehead atoms. The second-order valence-electron chi connectivity index (χ2n) is 8.25. The molecule has 1 fully saturated rings. The van der Waals surface area contributed by atoms with E-state index in [4.69, 9.17) is 16.3 Å². The summed E-state index contributed by atoms with van der Waals surface area (Å²) in [6, 6.07) is 1.93. The number of aromatic nitrogens is 1. The van der Waals surface area contributed by atoms with Crippen molar-refractivity contribution in [3.8, 4) is 0 Å². The fourth-order valence-electron chi connectivity index (χ4n) is 2.97.